The highest BCUT2D eigenvalue weighted by Crippen LogP contribution is 2.17. The van der Waals surface area contributed by atoms with E-state index in [0.29, 0.717) is 5.56 Å². The van der Waals surface area contributed by atoms with E-state index in [1.165, 1.54) is 0 Å². The number of aromatic nitrogens is 2. The highest BCUT2D eigenvalue weighted by atomic mass is 16.2. The maximum Gasteiger partial charge on any atom is 0.261 e. The maximum absolute atomic E-state index is 12.7. The lowest BCUT2D eigenvalue weighted by atomic mass is 10.2. The molecule has 0 atom stereocenters. The Morgan fingerprint density at radius 1 is 1.25 bits per heavy atom. The number of aryl methyl sites for hydroxylation is 1. The molecule has 2 rings (SSSR count). The van der Waals surface area contributed by atoms with Gasteiger partial charge in [0.1, 0.15) is 0 Å². The fraction of sp³-hybridized carbons (Fsp3) is 0.375. The first-order chi connectivity index (χ1) is 9.76. The van der Waals surface area contributed by atoms with Crippen LogP contribution in [0, 0.1) is 0 Å². The summed E-state index contributed by atoms with van der Waals surface area (Å²) in [6.45, 7) is 5.64. The Bertz CT molecular complexity index is 548. The average molecular weight is 271 g/mol. The Balaban J connectivity index is 2.24. The van der Waals surface area contributed by atoms with Crippen LogP contribution < -0.4 is 4.90 Å². The Labute approximate surface area is 120 Å². The van der Waals surface area contributed by atoms with Gasteiger partial charge < -0.3 is 4.90 Å². The molecule has 0 radical (unpaired) electrons. The monoisotopic (exact) mass is 271 g/mol. The lowest BCUT2D eigenvalue weighted by Gasteiger charge is -2.22. The lowest BCUT2D eigenvalue weighted by molar-refractivity contribution is 0.0986. The maximum atomic E-state index is 12.7. The molecule has 1 aromatic carbocycles. The summed E-state index contributed by atoms with van der Waals surface area (Å²) in [5.74, 6) is 0.0179. The summed E-state index contributed by atoms with van der Waals surface area (Å²) in [5.41, 5.74) is 1.59. The van der Waals surface area contributed by atoms with Crippen LogP contribution >= 0.6 is 0 Å². The Hall–Kier alpha value is -2.10. The van der Waals surface area contributed by atoms with Crippen LogP contribution in [-0.4, -0.2) is 22.2 Å². The third-order valence-corrected chi connectivity index (χ3v) is 3.25. The number of amides is 1. The zero-order chi connectivity index (χ0) is 14.4. The van der Waals surface area contributed by atoms with Gasteiger partial charge in [-0.25, -0.2) is 0 Å². The van der Waals surface area contributed by atoms with Gasteiger partial charge in [0.15, 0.2) is 0 Å². The normalized spacial score (nSPS) is 10.5. The summed E-state index contributed by atoms with van der Waals surface area (Å²) >= 11 is 0. The third kappa shape index (κ3) is 3.26. The molecular weight excluding hydrogens is 250 g/mol. The molecule has 1 aromatic heterocycles. The van der Waals surface area contributed by atoms with Gasteiger partial charge in [-0.05, 0) is 25.5 Å². The van der Waals surface area contributed by atoms with Crippen molar-refractivity contribution in [1.82, 2.24) is 9.78 Å². The predicted molar refractivity (Wildman–Crippen MR) is 80.9 cm³/mol. The molecule has 1 heterocycles. The van der Waals surface area contributed by atoms with Gasteiger partial charge in [-0.3, -0.25) is 9.48 Å². The number of hydrogen-bond acceptors (Lipinski definition) is 2. The second-order valence-electron chi connectivity index (χ2n) is 4.73. The summed E-state index contributed by atoms with van der Waals surface area (Å²) in [6.07, 6.45) is 5.51. The van der Waals surface area contributed by atoms with E-state index in [9.17, 15) is 4.79 Å². The molecule has 0 saturated heterocycles. The van der Waals surface area contributed by atoms with Crippen molar-refractivity contribution in [2.75, 3.05) is 11.4 Å². The molecule has 0 aliphatic rings. The lowest BCUT2D eigenvalue weighted by Crippen LogP contribution is -2.31. The van der Waals surface area contributed by atoms with E-state index in [4.69, 9.17) is 0 Å². The summed E-state index contributed by atoms with van der Waals surface area (Å²) in [6, 6.07) is 9.81. The van der Waals surface area contributed by atoms with E-state index < -0.39 is 0 Å². The SMILES string of the molecule is CCCCN(C(=O)c1cnn(CC)c1)c1ccccc1. The van der Waals surface area contributed by atoms with Crippen LogP contribution in [0.5, 0.6) is 0 Å². The van der Waals surface area contributed by atoms with Gasteiger partial charge in [-0.15, -0.1) is 0 Å². The van der Waals surface area contributed by atoms with E-state index >= 15 is 0 Å². The molecule has 20 heavy (non-hydrogen) atoms. The number of benzene rings is 1. The first-order valence-corrected chi connectivity index (χ1v) is 7.15. The van der Waals surface area contributed by atoms with Crippen molar-refractivity contribution in [3.63, 3.8) is 0 Å². The molecule has 0 bridgehead atoms. The van der Waals surface area contributed by atoms with Gasteiger partial charge in [0.2, 0.25) is 0 Å². The topological polar surface area (TPSA) is 38.1 Å². The number of hydrogen-bond donors (Lipinski definition) is 0. The Kier molecular flexibility index (Phi) is 4.93. The standard InChI is InChI=1S/C16H21N3O/c1-3-5-11-19(15-9-7-6-8-10-15)16(20)14-12-17-18(4-2)13-14/h6-10,12-13H,3-5,11H2,1-2H3. The number of anilines is 1. The number of carbonyl (C=O) groups is 1. The van der Waals surface area contributed by atoms with Crippen LogP contribution in [0.3, 0.4) is 0 Å². The van der Waals surface area contributed by atoms with Gasteiger partial charge in [-0.2, -0.15) is 5.10 Å². The van der Waals surface area contributed by atoms with Crippen molar-refractivity contribution >= 4 is 11.6 Å². The number of nitrogens with zero attached hydrogens (tertiary/aromatic N) is 3. The summed E-state index contributed by atoms with van der Waals surface area (Å²) in [5, 5.41) is 4.18. The first-order valence-electron chi connectivity index (χ1n) is 7.15. The second-order valence-corrected chi connectivity index (χ2v) is 4.73. The molecule has 0 N–H and O–H groups in total. The van der Waals surface area contributed by atoms with Crippen molar-refractivity contribution in [2.45, 2.75) is 33.2 Å². The minimum atomic E-state index is 0.0179. The van der Waals surface area contributed by atoms with Crippen LogP contribution in [0.25, 0.3) is 0 Å². The molecular formula is C16H21N3O. The van der Waals surface area contributed by atoms with Crippen LogP contribution in [0.2, 0.25) is 0 Å². The van der Waals surface area contributed by atoms with E-state index in [1.54, 1.807) is 10.9 Å². The Morgan fingerprint density at radius 3 is 2.60 bits per heavy atom. The number of carbonyl (C=O) groups excluding carboxylic acids is 1. The second kappa shape index (κ2) is 6.89. The third-order valence-electron chi connectivity index (χ3n) is 3.25. The van der Waals surface area contributed by atoms with Crippen molar-refractivity contribution in [3.8, 4) is 0 Å². The molecule has 0 aliphatic carbocycles. The quantitative estimate of drug-likeness (QED) is 0.808. The van der Waals surface area contributed by atoms with Crippen molar-refractivity contribution < 1.29 is 4.79 Å². The number of para-hydroxylation sites is 1. The van der Waals surface area contributed by atoms with Crippen molar-refractivity contribution in [2.24, 2.45) is 0 Å². The first kappa shape index (κ1) is 14.3. The summed E-state index contributed by atoms with van der Waals surface area (Å²) in [7, 11) is 0. The van der Waals surface area contributed by atoms with Gasteiger partial charge in [0.05, 0.1) is 11.8 Å². The van der Waals surface area contributed by atoms with E-state index in [0.717, 1.165) is 31.6 Å². The molecule has 4 heteroatoms. The van der Waals surface area contributed by atoms with Crippen molar-refractivity contribution in [3.05, 3.63) is 48.3 Å². The Morgan fingerprint density at radius 2 is 2.00 bits per heavy atom. The molecule has 0 fully saturated rings. The smallest absolute Gasteiger partial charge is 0.261 e. The molecule has 2 aromatic rings. The van der Waals surface area contributed by atoms with E-state index in [1.807, 2.05) is 48.4 Å². The summed E-state index contributed by atoms with van der Waals surface area (Å²) < 4.78 is 1.77. The zero-order valence-electron chi connectivity index (χ0n) is 12.1. The number of unbranched alkanes of at least 4 members (excludes halogenated alkanes) is 1. The predicted octanol–water partition coefficient (Wildman–Crippen LogP) is 3.35. The average Bonchev–Trinajstić information content (AvgIpc) is 2.97. The highest BCUT2D eigenvalue weighted by molar-refractivity contribution is 6.05. The van der Waals surface area contributed by atoms with E-state index in [-0.39, 0.29) is 5.91 Å². The summed E-state index contributed by atoms with van der Waals surface area (Å²) in [4.78, 5) is 14.5. The largest absolute Gasteiger partial charge is 0.308 e. The van der Waals surface area contributed by atoms with Gasteiger partial charge >= 0.3 is 0 Å². The van der Waals surface area contributed by atoms with Crippen LogP contribution in [0.4, 0.5) is 5.69 Å². The molecule has 0 unspecified atom stereocenters. The molecule has 0 spiro atoms. The van der Waals surface area contributed by atoms with Crippen molar-refractivity contribution in [1.29, 1.82) is 0 Å². The van der Waals surface area contributed by atoms with Crippen LogP contribution in [0.15, 0.2) is 42.7 Å². The molecule has 4 nitrogen and oxygen atoms in total. The minimum Gasteiger partial charge on any atom is -0.308 e. The van der Waals surface area contributed by atoms with E-state index in [2.05, 4.69) is 12.0 Å². The van der Waals surface area contributed by atoms with Gasteiger partial charge in [0.25, 0.3) is 5.91 Å². The molecule has 0 aliphatic heterocycles. The fourth-order valence-electron chi connectivity index (χ4n) is 2.07. The van der Waals surface area contributed by atoms with Crippen LogP contribution in [-0.2, 0) is 6.54 Å². The molecule has 0 saturated carbocycles. The molecule has 1 amide bonds. The van der Waals surface area contributed by atoms with Crippen LogP contribution in [0.1, 0.15) is 37.0 Å². The highest BCUT2D eigenvalue weighted by Gasteiger charge is 2.18. The minimum absolute atomic E-state index is 0.0179. The zero-order valence-corrected chi connectivity index (χ0v) is 12.1. The van der Waals surface area contributed by atoms with Gasteiger partial charge in [-0.1, -0.05) is 31.5 Å². The fourth-order valence-corrected chi connectivity index (χ4v) is 2.07. The molecule has 106 valence electrons. The number of rotatable bonds is 6. The van der Waals surface area contributed by atoms with Gasteiger partial charge in [0, 0.05) is 25.0 Å².